The minimum Gasteiger partial charge on any atom is -0.491 e. The lowest BCUT2D eigenvalue weighted by Crippen LogP contribution is -2.27. The molecule has 32 heavy (non-hydrogen) atoms. The van der Waals surface area contributed by atoms with Crippen LogP contribution in [0.15, 0.2) is 24.3 Å². The van der Waals surface area contributed by atoms with Crippen LogP contribution in [0.25, 0.3) is 0 Å². The van der Waals surface area contributed by atoms with E-state index >= 15 is 0 Å². The molecule has 3 aliphatic carbocycles. The Labute approximate surface area is 192 Å². The summed E-state index contributed by atoms with van der Waals surface area (Å²) in [6.45, 7) is 4.91. The molecule has 2 unspecified atom stereocenters. The predicted molar refractivity (Wildman–Crippen MR) is 125 cm³/mol. The van der Waals surface area contributed by atoms with Crippen LogP contribution in [0.5, 0.6) is 11.5 Å². The van der Waals surface area contributed by atoms with Gasteiger partial charge in [-0.15, -0.1) is 0 Å². The lowest BCUT2D eigenvalue weighted by Gasteiger charge is -2.38. The monoisotopic (exact) mass is 446 g/mol. The molecule has 0 bridgehead atoms. The van der Waals surface area contributed by atoms with Crippen LogP contribution < -0.4 is 9.47 Å². The Morgan fingerprint density at radius 2 is 1.22 bits per heavy atom. The van der Waals surface area contributed by atoms with E-state index in [0.717, 1.165) is 42.4 Å². The molecule has 2 nitrogen and oxygen atoms in total. The van der Waals surface area contributed by atoms with Crippen LogP contribution in [-0.4, -0.2) is 13.2 Å². The third kappa shape index (κ3) is 5.66. The third-order valence-corrected chi connectivity index (χ3v) is 8.39. The molecular weight excluding hydrogens is 406 g/mol. The van der Waals surface area contributed by atoms with Gasteiger partial charge in [-0.1, -0.05) is 31.9 Å². The zero-order valence-electron chi connectivity index (χ0n) is 19.8. The summed E-state index contributed by atoms with van der Waals surface area (Å²) in [5, 5.41) is 0. The summed E-state index contributed by atoms with van der Waals surface area (Å²) in [7, 11) is 0. The number of benzene rings is 1. The zero-order chi connectivity index (χ0) is 22.5. The molecule has 0 aromatic heterocycles. The van der Waals surface area contributed by atoms with Crippen LogP contribution >= 0.6 is 0 Å². The summed E-state index contributed by atoms with van der Waals surface area (Å²) in [4.78, 5) is 0. The van der Waals surface area contributed by atoms with Crippen molar-refractivity contribution in [3.05, 3.63) is 35.9 Å². The fourth-order valence-corrected chi connectivity index (χ4v) is 6.25. The first-order chi connectivity index (χ1) is 15.5. The van der Waals surface area contributed by atoms with Gasteiger partial charge < -0.3 is 9.47 Å². The lowest BCUT2D eigenvalue weighted by atomic mass is 9.68. The Kier molecular flexibility index (Phi) is 8.12. The molecule has 4 rings (SSSR count). The predicted octanol–water partition coefficient (Wildman–Crippen LogP) is 7.96. The van der Waals surface area contributed by atoms with Crippen LogP contribution in [0.3, 0.4) is 0 Å². The maximum Gasteiger partial charge on any atom is 0.204 e. The van der Waals surface area contributed by atoms with Crippen molar-refractivity contribution in [2.45, 2.75) is 78.1 Å². The fraction of sp³-hybridized carbons (Fsp3) is 0.714. The first-order valence-corrected chi connectivity index (χ1v) is 13.0. The molecule has 2 saturated carbocycles. The standard InChI is InChI=1S/C28H40F2O2/c1-3-31-25-16-17-26(28(30)27(25)29)32-18-20-6-10-22(11-7-20)24-14-12-23(13-15-24)21-8-4-19(2)5-9-21/h12,14,16-17,19-24H,3-11,13,15,18H2,1-2H3. The van der Waals surface area contributed by atoms with E-state index in [2.05, 4.69) is 19.1 Å². The van der Waals surface area contributed by atoms with E-state index in [1.54, 1.807) is 6.92 Å². The van der Waals surface area contributed by atoms with E-state index < -0.39 is 11.6 Å². The van der Waals surface area contributed by atoms with E-state index in [1.807, 2.05) is 0 Å². The highest BCUT2D eigenvalue weighted by Crippen LogP contribution is 2.43. The molecule has 0 radical (unpaired) electrons. The molecule has 0 spiro atoms. The summed E-state index contributed by atoms with van der Waals surface area (Å²) in [5.74, 6) is 2.61. The second-order valence-electron chi connectivity index (χ2n) is 10.5. The lowest BCUT2D eigenvalue weighted by molar-refractivity contribution is 0.149. The van der Waals surface area contributed by atoms with E-state index in [9.17, 15) is 8.78 Å². The Morgan fingerprint density at radius 3 is 1.72 bits per heavy atom. The minimum absolute atomic E-state index is 0.00793. The van der Waals surface area contributed by atoms with Gasteiger partial charge in [0.25, 0.3) is 0 Å². The number of ether oxygens (including phenoxy) is 2. The smallest absolute Gasteiger partial charge is 0.204 e. The SMILES string of the molecule is CCOc1ccc(OCC2CCC(C3C=CC(C4CCC(C)CC4)CC3)CC2)c(F)c1F. The van der Waals surface area contributed by atoms with Gasteiger partial charge in [-0.2, -0.15) is 8.78 Å². The Bertz CT molecular complexity index is 761. The average Bonchev–Trinajstić information content (AvgIpc) is 2.83. The summed E-state index contributed by atoms with van der Waals surface area (Å²) < 4.78 is 39.1. The Balaban J connectivity index is 1.21. The van der Waals surface area contributed by atoms with Crippen molar-refractivity contribution < 1.29 is 18.3 Å². The van der Waals surface area contributed by atoms with Crippen molar-refractivity contribution in [2.75, 3.05) is 13.2 Å². The maximum absolute atomic E-state index is 14.2. The van der Waals surface area contributed by atoms with Crippen molar-refractivity contribution >= 4 is 0 Å². The van der Waals surface area contributed by atoms with E-state index in [4.69, 9.17) is 9.47 Å². The van der Waals surface area contributed by atoms with Gasteiger partial charge in [0.15, 0.2) is 11.5 Å². The molecule has 1 aromatic rings. The number of halogens is 2. The van der Waals surface area contributed by atoms with Gasteiger partial charge in [0.05, 0.1) is 13.2 Å². The van der Waals surface area contributed by atoms with Crippen LogP contribution in [0.2, 0.25) is 0 Å². The highest BCUT2D eigenvalue weighted by molar-refractivity contribution is 5.35. The molecule has 3 aliphatic rings. The summed E-state index contributed by atoms with van der Waals surface area (Å²) in [5.41, 5.74) is 0. The van der Waals surface area contributed by atoms with Gasteiger partial charge in [-0.3, -0.25) is 0 Å². The van der Waals surface area contributed by atoms with Crippen LogP contribution in [0, 0.1) is 47.1 Å². The van der Waals surface area contributed by atoms with Gasteiger partial charge in [-0.05, 0) is 106 Å². The molecule has 0 N–H and O–H groups in total. The van der Waals surface area contributed by atoms with Gasteiger partial charge in [0.2, 0.25) is 11.6 Å². The average molecular weight is 447 g/mol. The van der Waals surface area contributed by atoms with Crippen molar-refractivity contribution in [1.82, 2.24) is 0 Å². The van der Waals surface area contributed by atoms with E-state index in [1.165, 1.54) is 63.5 Å². The molecule has 0 amide bonds. The topological polar surface area (TPSA) is 18.5 Å². The Morgan fingerprint density at radius 1 is 0.719 bits per heavy atom. The largest absolute Gasteiger partial charge is 0.491 e. The molecule has 0 saturated heterocycles. The summed E-state index contributed by atoms with van der Waals surface area (Å²) in [6, 6.07) is 2.93. The Hall–Kier alpha value is -1.58. The number of rotatable bonds is 7. The quantitative estimate of drug-likeness (QED) is 0.396. The summed E-state index contributed by atoms with van der Waals surface area (Å²) in [6.07, 6.45) is 18.1. The number of hydrogen-bond donors (Lipinski definition) is 0. The van der Waals surface area contributed by atoms with E-state index in [0.29, 0.717) is 19.1 Å². The van der Waals surface area contributed by atoms with Crippen LogP contribution in [0.4, 0.5) is 8.78 Å². The van der Waals surface area contributed by atoms with Crippen molar-refractivity contribution in [1.29, 1.82) is 0 Å². The van der Waals surface area contributed by atoms with Crippen molar-refractivity contribution in [2.24, 2.45) is 35.5 Å². The van der Waals surface area contributed by atoms with Gasteiger partial charge in [-0.25, -0.2) is 0 Å². The highest BCUT2D eigenvalue weighted by Gasteiger charge is 2.31. The molecule has 0 heterocycles. The first kappa shape index (κ1) is 23.6. The third-order valence-electron chi connectivity index (χ3n) is 8.39. The summed E-state index contributed by atoms with van der Waals surface area (Å²) >= 11 is 0. The maximum atomic E-state index is 14.2. The molecule has 178 valence electrons. The number of allylic oxidation sites excluding steroid dienone is 2. The molecule has 4 heteroatoms. The van der Waals surface area contributed by atoms with Crippen LogP contribution in [0.1, 0.15) is 78.1 Å². The molecule has 2 atom stereocenters. The molecule has 0 aliphatic heterocycles. The normalized spacial score (nSPS) is 33.1. The second-order valence-corrected chi connectivity index (χ2v) is 10.5. The van der Waals surface area contributed by atoms with Crippen molar-refractivity contribution in [3.63, 3.8) is 0 Å². The zero-order valence-corrected chi connectivity index (χ0v) is 19.8. The first-order valence-electron chi connectivity index (χ1n) is 13.0. The van der Waals surface area contributed by atoms with Gasteiger partial charge >= 0.3 is 0 Å². The van der Waals surface area contributed by atoms with Crippen molar-refractivity contribution in [3.8, 4) is 11.5 Å². The van der Waals surface area contributed by atoms with Gasteiger partial charge in [0.1, 0.15) is 0 Å². The molecular formula is C28H40F2O2. The van der Waals surface area contributed by atoms with Crippen LogP contribution in [-0.2, 0) is 0 Å². The fourth-order valence-electron chi connectivity index (χ4n) is 6.25. The molecule has 2 fully saturated rings. The minimum atomic E-state index is -0.960. The number of hydrogen-bond acceptors (Lipinski definition) is 2. The second kappa shape index (κ2) is 11.0. The highest BCUT2D eigenvalue weighted by atomic mass is 19.2. The molecule has 1 aromatic carbocycles. The van der Waals surface area contributed by atoms with E-state index in [-0.39, 0.29) is 11.5 Å². The van der Waals surface area contributed by atoms with Gasteiger partial charge in [0, 0.05) is 0 Å².